The molecule has 29 heavy (non-hydrogen) atoms. The molecule has 150 valence electrons. The Morgan fingerprint density at radius 1 is 1.03 bits per heavy atom. The van der Waals surface area contributed by atoms with Crippen molar-refractivity contribution in [1.82, 2.24) is 29.7 Å². The highest BCUT2D eigenvalue weighted by molar-refractivity contribution is 5.80. The van der Waals surface area contributed by atoms with Crippen LogP contribution in [0.2, 0.25) is 0 Å². The van der Waals surface area contributed by atoms with E-state index in [-0.39, 0.29) is 0 Å². The first kappa shape index (κ1) is 18.9. The van der Waals surface area contributed by atoms with E-state index in [0.29, 0.717) is 0 Å². The van der Waals surface area contributed by atoms with Gasteiger partial charge < -0.3 is 19.7 Å². The molecular formula is C21H26N8. The highest BCUT2D eigenvalue weighted by Crippen LogP contribution is 2.11. The average Bonchev–Trinajstić information content (AvgIpc) is 3.29. The molecular weight excluding hydrogens is 364 g/mol. The number of anilines is 1. The summed E-state index contributed by atoms with van der Waals surface area (Å²) in [6.07, 6.45) is 9.20. The lowest BCUT2D eigenvalue weighted by molar-refractivity contribution is 0.370. The van der Waals surface area contributed by atoms with Gasteiger partial charge in [0.25, 0.3) is 0 Å². The van der Waals surface area contributed by atoms with Crippen LogP contribution in [-0.2, 0) is 13.1 Å². The number of hydrogen-bond acceptors (Lipinski definition) is 5. The molecule has 1 aliphatic heterocycles. The summed E-state index contributed by atoms with van der Waals surface area (Å²) >= 11 is 0. The highest BCUT2D eigenvalue weighted by atomic mass is 15.4. The van der Waals surface area contributed by atoms with Gasteiger partial charge in [-0.15, -0.1) is 0 Å². The maximum Gasteiger partial charge on any atom is 0.225 e. The van der Waals surface area contributed by atoms with Crippen LogP contribution in [0.5, 0.6) is 0 Å². The van der Waals surface area contributed by atoms with E-state index in [0.717, 1.165) is 51.2 Å². The third-order valence-electron chi connectivity index (χ3n) is 4.99. The number of nitrogens with one attached hydrogen (secondary N) is 1. The van der Waals surface area contributed by atoms with Crippen LogP contribution < -0.4 is 10.2 Å². The second kappa shape index (κ2) is 9.18. The summed E-state index contributed by atoms with van der Waals surface area (Å²) in [5.41, 5.74) is 2.49. The van der Waals surface area contributed by atoms with Crippen molar-refractivity contribution in [1.29, 1.82) is 0 Å². The monoisotopic (exact) mass is 390 g/mol. The summed E-state index contributed by atoms with van der Waals surface area (Å²) in [6.45, 7) is 5.10. The zero-order chi connectivity index (χ0) is 19.9. The lowest BCUT2D eigenvalue weighted by atomic mass is 10.1. The van der Waals surface area contributed by atoms with Crippen molar-refractivity contribution in [3.8, 4) is 0 Å². The lowest BCUT2D eigenvalue weighted by Crippen LogP contribution is -2.52. The molecule has 1 fully saturated rings. The Balaban J connectivity index is 1.31. The molecule has 4 rings (SSSR count). The number of nitrogens with zero attached hydrogens (tertiary/aromatic N) is 7. The standard InChI is InChI=1S/C21H26N8/c1-22-20(28-10-12-29(13-11-28)21-24-6-3-7-25-21)26-15-18-4-2-5-19(14-18)16-27-9-8-23-17-27/h2-9,14,17H,10-13,15-16H2,1H3,(H,22,26). The number of rotatable bonds is 5. The zero-order valence-corrected chi connectivity index (χ0v) is 16.6. The summed E-state index contributed by atoms with van der Waals surface area (Å²) in [6, 6.07) is 10.5. The first-order chi connectivity index (χ1) is 14.3. The van der Waals surface area contributed by atoms with Crippen molar-refractivity contribution in [2.24, 2.45) is 4.99 Å². The second-order valence-corrected chi connectivity index (χ2v) is 6.98. The molecule has 1 saturated heterocycles. The molecule has 0 unspecified atom stereocenters. The third-order valence-corrected chi connectivity index (χ3v) is 4.99. The summed E-state index contributed by atoms with van der Waals surface area (Å²) in [5.74, 6) is 1.73. The van der Waals surface area contributed by atoms with E-state index >= 15 is 0 Å². The van der Waals surface area contributed by atoms with Crippen molar-refractivity contribution in [3.63, 3.8) is 0 Å². The van der Waals surface area contributed by atoms with Crippen LogP contribution in [0.1, 0.15) is 11.1 Å². The molecule has 3 aromatic rings. The van der Waals surface area contributed by atoms with Crippen LogP contribution in [0.25, 0.3) is 0 Å². The quantitative estimate of drug-likeness (QED) is 0.527. The SMILES string of the molecule is CN=C(NCc1cccc(Cn2ccnc2)c1)N1CCN(c2ncccn2)CC1. The fraction of sp³-hybridized carbons (Fsp3) is 0.333. The Kier molecular flexibility index (Phi) is 5.99. The van der Waals surface area contributed by atoms with Gasteiger partial charge in [0, 0.05) is 71.1 Å². The van der Waals surface area contributed by atoms with Crippen LogP contribution >= 0.6 is 0 Å². The number of piperazine rings is 1. The van der Waals surface area contributed by atoms with Gasteiger partial charge in [-0.1, -0.05) is 24.3 Å². The van der Waals surface area contributed by atoms with Gasteiger partial charge in [-0.25, -0.2) is 15.0 Å². The summed E-state index contributed by atoms with van der Waals surface area (Å²) in [5, 5.41) is 3.50. The Morgan fingerprint density at radius 3 is 2.55 bits per heavy atom. The van der Waals surface area contributed by atoms with E-state index in [1.807, 2.05) is 25.6 Å². The lowest BCUT2D eigenvalue weighted by Gasteiger charge is -2.36. The molecule has 2 aromatic heterocycles. The minimum atomic E-state index is 0.743. The first-order valence-electron chi connectivity index (χ1n) is 9.83. The number of guanidine groups is 1. The summed E-state index contributed by atoms with van der Waals surface area (Å²) in [4.78, 5) is 21.8. The smallest absolute Gasteiger partial charge is 0.225 e. The summed E-state index contributed by atoms with van der Waals surface area (Å²) < 4.78 is 2.07. The van der Waals surface area contributed by atoms with Crippen LogP contribution in [0, 0.1) is 0 Å². The van der Waals surface area contributed by atoms with E-state index in [1.54, 1.807) is 18.6 Å². The van der Waals surface area contributed by atoms with Gasteiger partial charge in [-0.3, -0.25) is 4.99 Å². The number of hydrogen-bond donors (Lipinski definition) is 1. The van der Waals surface area contributed by atoms with E-state index in [9.17, 15) is 0 Å². The second-order valence-electron chi connectivity index (χ2n) is 6.98. The molecule has 0 amide bonds. The zero-order valence-electron chi connectivity index (χ0n) is 16.6. The van der Waals surface area contributed by atoms with Crippen molar-refractivity contribution in [3.05, 3.63) is 72.6 Å². The molecule has 0 bridgehead atoms. The molecule has 0 radical (unpaired) electrons. The average molecular weight is 390 g/mol. The van der Waals surface area contributed by atoms with E-state index in [1.165, 1.54) is 11.1 Å². The van der Waals surface area contributed by atoms with Gasteiger partial charge >= 0.3 is 0 Å². The van der Waals surface area contributed by atoms with Crippen molar-refractivity contribution in [2.45, 2.75) is 13.1 Å². The predicted molar refractivity (Wildman–Crippen MR) is 114 cm³/mol. The molecule has 8 nitrogen and oxygen atoms in total. The highest BCUT2D eigenvalue weighted by Gasteiger charge is 2.20. The summed E-state index contributed by atoms with van der Waals surface area (Å²) in [7, 11) is 1.84. The van der Waals surface area contributed by atoms with Crippen LogP contribution in [-0.4, -0.2) is 63.6 Å². The third kappa shape index (κ3) is 4.90. The molecule has 1 aromatic carbocycles. The van der Waals surface area contributed by atoms with Gasteiger partial charge in [0.15, 0.2) is 5.96 Å². The molecule has 0 aliphatic carbocycles. The minimum absolute atomic E-state index is 0.743. The topological polar surface area (TPSA) is 74.5 Å². The number of aliphatic imine (C=N–C) groups is 1. The fourth-order valence-electron chi connectivity index (χ4n) is 3.52. The molecule has 3 heterocycles. The Bertz CT molecular complexity index is 915. The van der Waals surface area contributed by atoms with E-state index < -0.39 is 0 Å². The van der Waals surface area contributed by atoms with Gasteiger partial charge in [0.2, 0.25) is 5.95 Å². The molecule has 0 saturated carbocycles. The number of aromatic nitrogens is 4. The predicted octanol–water partition coefficient (Wildman–Crippen LogP) is 1.62. The molecule has 0 atom stereocenters. The first-order valence-corrected chi connectivity index (χ1v) is 9.83. The maximum atomic E-state index is 4.48. The normalized spacial score (nSPS) is 14.9. The van der Waals surface area contributed by atoms with Gasteiger partial charge in [0.1, 0.15) is 0 Å². The molecule has 1 N–H and O–H groups in total. The minimum Gasteiger partial charge on any atom is -0.352 e. The fourth-order valence-corrected chi connectivity index (χ4v) is 3.52. The van der Waals surface area contributed by atoms with Gasteiger partial charge in [-0.05, 0) is 17.2 Å². The maximum absolute atomic E-state index is 4.48. The van der Waals surface area contributed by atoms with E-state index in [2.05, 4.69) is 63.9 Å². The molecule has 0 spiro atoms. The van der Waals surface area contributed by atoms with Gasteiger partial charge in [0.05, 0.1) is 6.33 Å². The van der Waals surface area contributed by atoms with Crippen molar-refractivity contribution < 1.29 is 0 Å². The largest absolute Gasteiger partial charge is 0.352 e. The van der Waals surface area contributed by atoms with Crippen LogP contribution in [0.3, 0.4) is 0 Å². The number of imidazole rings is 1. The van der Waals surface area contributed by atoms with E-state index in [4.69, 9.17) is 0 Å². The Hall–Kier alpha value is -3.42. The Labute approximate surface area is 171 Å². The number of benzene rings is 1. The Morgan fingerprint density at radius 2 is 1.83 bits per heavy atom. The van der Waals surface area contributed by atoms with Crippen LogP contribution in [0.4, 0.5) is 5.95 Å². The van der Waals surface area contributed by atoms with Crippen molar-refractivity contribution in [2.75, 3.05) is 38.1 Å². The molecule has 1 aliphatic rings. The van der Waals surface area contributed by atoms with Crippen molar-refractivity contribution >= 4 is 11.9 Å². The molecule has 8 heteroatoms. The van der Waals surface area contributed by atoms with Gasteiger partial charge in [-0.2, -0.15) is 0 Å². The van der Waals surface area contributed by atoms with Crippen LogP contribution in [0.15, 0.2) is 66.4 Å².